The average molecular weight is 355 g/mol. The van der Waals surface area contributed by atoms with E-state index in [-0.39, 0.29) is 29.3 Å². The molecule has 4 rings (SSSR count). The number of ether oxygens (including phenoxy) is 1. The van der Waals surface area contributed by atoms with Gasteiger partial charge in [-0.15, -0.1) is 0 Å². The van der Waals surface area contributed by atoms with Gasteiger partial charge in [0.25, 0.3) is 5.91 Å². The molecule has 1 aliphatic carbocycles. The lowest BCUT2D eigenvalue weighted by Gasteiger charge is -2.41. The molecule has 1 saturated heterocycles. The fourth-order valence-corrected chi connectivity index (χ4v) is 3.99. The summed E-state index contributed by atoms with van der Waals surface area (Å²) in [6.07, 6.45) is 7.41. The van der Waals surface area contributed by atoms with Crippen LogP contribution < -0.4 is 20.7 Å². The number of hydrogen-bond acceptors (Lipinski definition) is 4. The molecular weight excluding hydrogens is 330 g/mol. The number of amides is 2. The van der Waals surface area contributed by atoms with Gasteiger partial charge in [0.2, 0.25) is 5.91 Å². The lowest BCUT2D eigenvalue weighted by molar-refractivity contribution is -0.134. The van der Waals surface area contributed by atoms with E-state index < -0.39 is 0 Å². The number of carbonyl (C=O) groups excluding carboxylic acids is 2. The molecule has 2 heterocycles. The van der Waals surface area contributed by atoms with Gasteiger partial charge in [-0.25, -0.2) is 0 Å². The van der Waals surface area contributed by atoms with E-state index in [1.807, 2.05) is 30.4 Å². The fraction of sp³-hybridized carbons (Fsp3) is 0.500. The first-order valence-corrected chi connectivity index (χ1v) is 9.37. The summed E-state index contributed by atoms with van der Waals surface area (Å²) < 4.78 is 5.80. The minimum atomic E-state index is -0.379. The first-order chi connectivity index (χ1) is 12.7. The smallest absolute Gasteiger partial charge is 0.255 e. The molecule has 1 saturated carbocycles. The molecule has 1 spiro atoms. The summed E-state index contributed by atoms with van der Waals surface area (Å²) in [6, 6.07) is 7.25. The maximum atomic E-state index is 12.9. The van der Waals surface area contributed by atoms with E-state index in [1.54, 1.807) is 6.07 Å². The highest BCUT2D eigenvalue weighted by Crippen LogP contribution is 2.30. The molecule has 3 N–H and O–H groups in total. The van der Waals surface area contributed by atoms with Gasteiger partial charge >= 0.3 is 0 Å². The molecule has 138 valence electrons. The number of carbonyl (C=O) groups is 2. The van der Waals surface area contributed by atoms with Gasteiger partial charge in [-0.05, 0) is 37.8 Å². The zero-order valence-electron chi connectivity index (χ0n) is 14.8. The Hall–Kier alpha value is -2.34. The van der Waals surface area contributed by atoms with Crippen molar-refractivity contribution in [3.63, 3.8) is 0 Å². The minimum Gasteiger partial charge on any atom is -0.489 e. The number of rotatable bonds is 0. The summed E-state index contributed by atoms with van der Waals surface area (Å²) in [6.45, 7) is 1.76. The molecule has 2 atom stereocenters. The highest BCUT2D eigenvalue weighted by molar-refractivity contribution is 5.97. The van der Waals surface area contributed by atoms with E-state index in [0.29, 0.717) is 37.4 Å². The van der Waals surface area contributed by atoms with E-state index in [0.717, 1.165) is 19.3 Å². The second kappa shape index (κ2) is 7.11. The van der Waals surface area contributed by atoms with Crippen molar-refractivity contribution >= 4 is 11.8 Å². The van der Waals surface area contributed by atoms with Gasteiger partial charge in [-0.1, -0.05) is 24.3 Å². The third kappa shape index (κ3) is 3.21. The SMILES string of the molecule is O=C1N[C@H]2CCC[C@H]2NC(=O)C2(C/C=C\COc3ccccc31)CNC2. The molecule has 2 aliphatic heterocycles. The molecule has 2 amide bonds. The van der Waals surface area contributed by atoms with Crippen molar-refractivity contribution in [3.05, 3.63) is 42.0 Å². The molecule has 6 heteroatoms. The Labute approximate surface area is 153 Å². The molecule has 0 bridgehead atoms. The van der Waals surface area contributed by atoms with Crippen molar-refractivity contribution in [2.45, 2.75) is 37.8 Å². The van der Waals surface area contributed by atoms with Crippen LogP contribution in [-0.2, 0) is 4.79 Å². The van der Waals surface area contributed by atoms with Crippen LogP contribution in [0.25, 0.3) is 0 Å². The highest BCUT2D eigenvalue weighted by Gasteiger charge is 2.45. The van der Waals surface area contributed by atoms with Crippen LogP contribution in [0.5, 0.6) is 5.75 Å². The van der Waals surface area contributed by atoms with Crippen LogP contribution in [-0.4, -0.2) is 43.6 Å². The third-order valence-corrected chi connectivity index (χ3v) is 5.70. The fourth-order valence-electron chi connectivity index (χ4n) is 3.99. The number of nitrogens with one attached hydrogen (secondary N) is 3. The lowest BCUT2D eigenvalue weighted by Crippen LogP contribution is -2.63. The summed E-state index contributed by atoms with van der Waals surface area (Å²) >= 11 is 0. The van der Waals surface area contributed by atoms with Crippen molar-refractivity contribution in [1.82, 2.24) is 16.0 Å². The van der Waals surface area contributed by atoms with Crippen LogP contribution in [0.1, 0.15) is 36.0 Å². The standard InChI is InChI=1S/C20H25N3O3/c24-18-14-6-1-2-9-17(14)26-11-4-3-10-20(12-21-13-20)19(25)23-16-8-5-7-15(16)22-18/h1-4,6,9,15-16,21H,5,7-8,10-13H2,(H,22,24)(H,23,25)/b4-3-/t15-,16+/m0/s1. The molecule has 2 fully saturated rings. The first kappa shape index (κ1) is 17.1. The zero-order chi connectivity index (χ0) is 18.0. The van der Waals surface area contributed by atoms with Crippen LogP contribution >= 0.6 is 0 Å². The predicted molar refractivity (Wildman–Crippen MR) is 98.0 cm³/mol. The van der Waals surface area contributed by atoms with Gasteiger partial charge in [0.05, 0.1) is 11.0 Å². The topological polar surface area (TPSA) is 79.5 Å². The zero-order valence-corrected chi connectivity index (χ0v) is 14.8. The summed E-state index contributed by atoms with van der Waals surface area (Å²) in [5, 5.41) is 9.54. The minimum absolute atomic E-state index is 0.0103. The maximum Gasteiger partial charge on any atom is 0.255 e. The molecule has 26 heavy (non-hydrogen) atoms. The number of benzene rings is 1. The summed E-state index contributed by atoms with van der Waals surface area (Å²) in [5.74, 6) is 0.531. The van der Waals surface area contributed by atoms with E-state index in [4.69, 9.17) is 4.74 Å². The van der Waals surface area contributed by atoms with Crippen LogP contribution in [0.3, 0.4) is 0 Å². The Morgan fingerprint density at radius 2 is 1.77 bits per heavy atom. The van der Waals surface area contributed by atoms with E-state index in [9.17, 15) is 9.59 Å². The second-order valence-corrected chi connectivity index (χ2v) is 7.46. The molecule has 3 aliphatic rings. The number of fused-ring (bicyclic) bond motifs is 2. The summed E-state index contributed by atoms with van der Waals surface area (Å²) in [5.41, 5.74) is 0.157. The Balaban J connectivity index is 1.61. The van der Waals surface area contributed by atoms with Gasteiger partial charge in [-0.2, -0.15) is 0 Å². The second-order valence-electron chi connectivity index (χ2n) is 7.46. The van der Waals surface area contributed by atoms with Gasteiger partial charge in [0.1, 0.15) is 12.4 Å². The third-order valence-electron chi connectivity index (χ3n) is 5.70. The largest absolute Gasteiger partial charge is 0.489 e. The lowest BCUT2D eigenvalue weighted by atomic mass is 9.77. The Kier molecular flexibility index (Phi) is 4.68. The number of para-hydroxylation sites is 1. The Morgan fingerprint density at radius 1 is 1.00 bits per heavy atom. The molecular formula is C20H25N3O3. The monoisotopic (exact) mass is 355 g/mol. The van der Waals surface area contributed by atoms with Crippen LogP contribution in [0.15, 0.2) is 36.4 Å². The van der Waals surface area contributed by atoms with Crippen LogP contribution in [0, 0.1) is 5.41 Å². The summed E-state index contributed by atoms with van der Waals surface area (Å²) in [7, 11) is 0. The quantitative estimate of drug-likeness (QED) is 0.615. The van der Waals surface area contributed by atoms with E-state index in [1.165, 1.54) is 0 Å². The first-order valence-electron chi connectivity index (χ1n) is 9.37. The van der Waals surface area contributed by atoms with Crippen molar-refractivity contribution in [2.75, 3.05) is 19.7 Å². The molecule has 0 aromatic heterocycles. The predicted octanol–water partition coefficient (Wildman–Crippen LogP) is 1.38. The number of allylic oxidation sites excluding steroid dienone is 1. The molecule has 1 aromatic carbocycles. The maximum absolute atomic E-state index is 12.9. The molecule has 1 aromatic rings. The molecule has 6 nitrogen and oxygen atoms in total. The van der Waals surface area contributed by atoms with E-state index in [2.05, 4.69) is 16.0 Å². The van der Waals surface area contributed by atoms with Crippen molar-refractivity contribution in [3.8, 4) is 5.75 Å². The van der Waals surface area contributed by atoms with Gasteiger partial charge in [0, 0.05) is 25.2 Å². The number of hydrogen-bond donors (Lipinski definition) is 3. The van der Waals surface area contributed by atoms with Crippen LogP contribution in [0.2, 0.25) is 0 Å². The Morgan fingerprint density at radius 3 is 2.54 bits per heavy atom. The van der Waals surface area contributed by atoms with Crippen LogP contribution in [0.4, 0.5) is 0 Å². The normalized spacial score (nSPS) is 29.2. The van der Waals surface area contributed by atoms with Crippen molar-refractivity contribution in [2.24, 2.45) is 5.41 Å². The highest BCUT2D eigenvalue weighted by atomic mass is 16.5. The molecule has 0 unspecified atom stereocenters. The van der Waals surface area contributed by atoms with Gasteiger partial charge in [-0.3, -0.25) is 9.59 Å². The van der Waals surface area contributed by atoms with Gasteiger partial charge < -0.3 is 20.7 Å². The molecule has 0 radical (unpaired) electrons. The van der Waals surface area contributed by atoms with Crippen molar-refractivity contribution < 1.29 is 14.3 Å². The van der Waals surface area contributed by atoms with Crippen molar-refractivity contribution in [1.29, 1.82) is 0 Å². The van der Waals surface area contributed by atoms with E-state index >= 15 is 0 Å². The van der Waals surface area contributed by atoms with Gasteiger partial charge in [0.15, 0.2) is 0 Å². The Bertz CT molecular complexity index is 727. The summed E-state index contributed by atoms with van der Waals surface area (Å²) in [4.78, 5) is 25.6. The average Bonchev–Trinajstić information content (AvgIpc) is 3.03.